The minimum Gasteiger partial charge on any atom is -0.444 e. The van der Waals surface area contributed by atoms with E-state index in [0.717, 1.165) is 4.57 Å². The van der Waals surface area contributed by atoms with Crippen LogP contribution in [0.4, 0.5) is 0 Å². The predicted molar refractivity (Wildman–Crippen MR) is 75.7 cm³/mol. The van der Waals surface area contributed by atoms with E-state index in [1.54, 1.807) is 0 Å². The van der Waals surface area contributed by atoms with Crippen LogP contribution in [-0.2, 0) is 4.74 Å². The van der Waals surface area contributed by atoms with E-state index in [-0.39, 0.29) is 29.6 Å². The molecule has 0 aromatic carbocycles. The van der Waals surface area contributed by atoms with Crippen molar-refractivity contribution in [1.82, 2.24) is 9.55 Å². The number of rotatable bonds is 3. The molecule has 0 saturated carbocycles. The summed E-state index contributed by atoms with van der Waals surface area (Å²) in [7, 11) is 0. The number of aromatic nitrogens is 2. The molecule has 1 saturated heterocycles. The zero-order chi connectivity index (χ0) is 15.9. The number of nitrogens with one attached hydrogen (secondary N) is 1. The minimum absolute atomic E-state index is 0.108. The van der Waals surface area contributed by atoms with Crippen molar-refractivity contribution in [2.75, 3.05) is 6.61 Å². The summed E-state index contributed by atoms with van der Waals surface area (Å²) < 4.78 is 11.7. The number of aliphatic hydroxyl groups excluding tert-OH is 2. The van der Waals surface area contributed by atoms with Gasteiger partial charge in [0.1, 0.15) is 18.1 Å². The first-order chi connectivity index (χ1) is 10.5. The van der Waals surface area contributed by atoms with Crippen molar-refractivity contribution >= 4 is 11.6 Å². The zero-order valence-corrected chi connectivity index (χ0v) is 12.0. The second kappa shape index (κ2) is 5.73. The summed E-state index contributed by atoms with van der Waals surface area (Å²) in [5.74, 6) is 0.206. The van der Waals surface area contributed by atoms with E-state index in [9.17, 15) is 14.7 Å². The van der Waals surface area contributed by atoms with Gasteiger partial charge in [-0.3, -0.25) is 14.3 Å². The van der Waals surface area contributed by atoms with Crippen LogP contribution in [0.2, 0.25) is 5.22 Å². The summed E-state index contributed by atoms with van der Waals surface area (Å²) in [4.78, 5) is 26.0. The number of nitrogens with zero attached hydrogens (tertiary/aromatic N) is 1. The summed E-state index contributed by atoms with van der Waals surface area (Å²) in [6, 6.07) is 2.98. The summed E-state index contributed by atoms with van der Waals surface area (Å²) in [6.07, 6.45) is -1.05. The van der Waals surface area contributed by atoms with Crippen molar-refractivity contribution in [2.24, 2.45) is 0 Å². The third-order valence-corrected chi connectivity index (χ3v) is 3.70. The molecular weight excluding hydrogens is 316 g/mol. The Bertz CT molecular complexity index is 794. The lowest BCUT2D eigenvalue weighted by Crippen LogP contribution is -2.33. The van der Waals surface area contributed by atoms with Gasteiger partial charge in [-0.25, -0.2) is 4.79 Å². The normalized spacial score (nSPS) is 24.8. The first kappa shape index (κ1) is 15.0. The molecule has 1 aliphatic rings. The van der Waals surface area contributed by atoms with E-state index in [1.807, 2.05) is 0 Å². The van der Waals surface area contributed by atoms with Gasteiger partial charge in [-0.05, 0) is 23.7 Å². The van der Waals surface area contributed by atoms with Crippen LogP contribution in [0.1, 0.15) is 12.6 Å². The molecule has 3 unspecified atom stereocenters. The number of ether oxygens (including phenoxy) is 1. The maximum atomic E-state index is 11.9. The number of furan rings is 1. The number of aromatic amines is 1. The van der Waals surface area contributed by atoms with Gasteiger partial charge < -0.3 is 19.4 Å². The van der Waals surface area contributed by atoms with Crippen molar-refractivity contribution in [1.29, 1.82) is 0 Å². The Hall–Kier alpha value is -1.87. The van der Waals surface area contributed by atoms with Gasteiger partial charge in [-0.15, -0.1) is 0 Å². The van der Waals surface area contributed by atoms with Gasteiger partial charge in [0.2, 0.25) is 0 Å². The molecule has 3 N–H and O–H groups in total. The highest BCUT2D eigenvalue weighted by Crippen LogP contribution is 2.28. The molecule has 1 aliphatic heterocycles. The smallest absolute Gasteiger partial charge is 0.330 e. The molecule has 0 radical (unpaired) electrons. The molecule has 0 bridgehead atoms. The molecule has 1 fully saturated rings. The Labute approximate surface area is 128 Å². The van der Waals surface area contributed by atoms with E-state index in [1.165, 1.54) is 18.3 Å². The topological polar surface area (TPSA) is 118 Å². The van der Waals surface area contributed by atoms with Gasteiger partial charge in [0.15, 0.2) is 5.22 Å². The number of hydrogen-bond acceptors (Lipinski definition) is 6. The van der Waals surface area contributed by atoms with Crippen LogP contribution in [0, 0.1) is 0 Å². The highest BCUT2D eigenvalue weighted by atomic mass is 35.5. The predicted octanol–water partition coefficient (Wildman–Crippen LogP) is 0.0907. The van der Waals surface area contributed by atoms with Gasteiger partial charge in [-0.2, -0.15) is 0 Å². The summed E-state index contributed by atoms with van der Waals surface area (Å²) >= 11 is 5.68. The third-order valence-electron chi connectivity index (χ3n) is 3.50. The summed E-state index contributed by atoms with van der Waals surface area (Å²) in [6.45, 7) is -0.365. The average molecular weight is 329 g/mol. The average Bonchev–Trinajstić information content (AvgIpc) is 3.05. The Morgan fingerprint density at radius 2 is 2.18 bits per heavy atom. The second-order valence-electron chi connectivity index (χ2n) is 4.93. The highest BCUT2D eigenvalue weighted by Gasteiger charge is 2.35. The van der Waals surface area contributed by atoms with Crippen LogP contribution < -0.4 is 11.2 Å². The number of H-pyrrole nitrogens is 1. The Balaban J connectivity index is 2.03. The molecule has 3 atom stereocenters. The second-order valence-corrected chi connectivity index (χ2v) is 5.30. The lowest BCUT2D eigenvalue weighted by atomic mass is 10.2. The largest absolute Gasteiger partial charge is 0.444 e. The number of aliphatic hydroxyl groups is 2. The van der Waals surface area contributed by atoms with Crippen LogP contribution in [0.25, 0.3) is 11.3 Å². The van der Waals surface area contributed by atoms with E-state index in [4.69, 9.17) is 25.9 Å². The molecule has 2 aromatic heterocycles. The SMILES string of the molecule is O=c1[nH]c(=O)n(C2CC(O)C(CO)O2)cc1-c1ccc(Cl)o1. The van der Waals surface area contributed by atoms with Crippen LogP contribution in [0.3, 0.4) is 0 Å². The molecule has 118 valence electrons. The fourth-order valence-corrected chi connectivity index (χ4v) is 2.53. The third kappa shape index (κ3) is 2.61. The van der Waals surface area contributed by atoms with Gasteiger partial charge >= 0.3 is 5.69 Å². The first-order valence-corrected chi connectivity index (χ1v) is 6.93. The molecule has 3 heterocycles. The van der Waals surface area contributed by atoms with Gasteiger partial charge in [0, 0.05) is 12.6 Å². The molecular formula is C13H13ClN2O6. The monoisotopic (exact) mass is 328 g/mol. The molecule has 0 spiro atoms. The van der Waals surface area contributed by atoms with Gasteiger partial charge in [0.25, 0.3) is 5.56 Å². The molecule has 0 aliphatic carbocycles. The fraction of sp³-hybridized carbons (Fsp3) is 0.385. The number of hydrogen-bond donors (Lipinski definition) is 3. The van der Waals surface area contributed by atoms with Crippen molar-refractivity contribution in [3.63, 3.8) is 0 Å². The van der Waals surface area contributed by atoms with Crippen LogP contribution in [0.5, 0.6) is 0 Å². The first-order valence-electron chi connectivity index (χ1n) is 6.55. The maximum Gasteiger partial charge on any atom is 0.330 e. The van der Waals surface area contributed by atoms with Crippen molar-refractivity contribution in [3.8, 4) is 11.3 Å². The molecule has 0 amide bonds. The molecule has 2 aromatic rings. The molecule has 3 rings (SSSR count). The lowest BCUT2D eigenvalue weighted by molar-refractivity contribution is -0.0458. The maximum absolute atomic E-state index is 11.9. The standard InChI is InChI=1S/C13H13ClN2O6/c14-10-2-1-8(21-10)6-4-16(13(20)15-12(6)19)11-3-7(18)9(5-17)22-11/h1-2,4,7,9,11,17-18H,3,5H2,(H,15,19,20). The minimum atomic E-state index is -0.893. The highest BCUT2D eigenvalue weighted by molar-refractivity contribution is 6.28. The molecule has 9 heteroatoms. The van der Waals surface area contributed by atoms with Crippen molar-refractivity contribution in [3.05, 3.63) is 44.4 Å². The summed E-state index contributed by atoms with van der Waals surface area (Å²) in [5, 5.41) is 18.9. The van der Waals surface area contributed by atoms with Crippen LogP contribution in [-0.4, -0.2) is 38.6 Å². The fourth-order valence-electron chi connectivity index (χ4n) is 2.38. The van der Waals surface area contributed by atoms with Gasteiger partial charge in [0.05, 0.1) is 18.3 Å². The van der Waals surface area contributed by atoms with E-state index in [2.05, 4.69) is 4.98 Å². The Kier molecular flexibility index (Phi) is 3.92. The van der Waals surface area contributed by atoms with E-state index < -0.39 is 29.7 Å². The van der Waals surface area contributed by atoms with Crippen molar-refractivity contribution in [2.45, 2.75) is 24.9 Å². The van der Waals surface area contributed by atoms with Crippen LogP contribution in [0.15, 0.2) is 32.3 Å². The van der Waals surface area contributed by atoms with Gasteiger partial charge in [-0.1, -0.05) is 0 Å². The van der Waals surface area contributed by atoms with Crippen LogP contribution >= 0.6 is 11.6 Å². The molecule has 8 nitrogen and oxygen atoms in total. The zero-order valence-electron chi connectivity index (χ0n) is 11.2. The van der Waals surface area contributed by atoms with E-state index in [0.29, 0.717) is 0 Å². The Morgan fingerprint density at radius 1 is 1.41 bits per heavy atom. The number of halogens is 1. The van der Waals surface area contributed by atoms with Crippen molar-refractivity contribution < 1.29 is 19.4 Å². The quantitative estimate of drug-likeness (QED) is 0.735. The molecule has 22 heavy (non-hydrogen) atoms. The van der Waals surface area contributed by atoms with E-state index >= 15 is 0 Å². The lowest BCUT2D eigenvalue weighted by Gasteiger charge is -2.14. The summed E-state index contributed by atoms with van der Waals surface area (Å²) in [5.41, 5.74) is -1.19. The Morgan fingerprint density at radius 3 is 2.77 bits per heavy atom.